The van der Waals surface area contributed by atoms with E-state index in [-0.39, 0.29) is 17.5 Å². The van der Waals surface area contributed by atoms with Crippen molar-refractivity contribution in [3.63, 3.8) is 0 Å². The molecular weight excluding hydrogens is 337 g/mol. The zero-order valence-corrected chi connectivity index (χ0v) is 12.4. The number of benzene rings is 1. The van der Waals surface area contributed by atoms with Gasteiger partial charge in [-0.1, -0.05) is 0 Å². The zero-order chi connectivity index (χ0) is 14.9. The van der Waals surface area contributed by atoms with Crippen LogP contribution in [0.5, 0.6) is 0 Å². The summed E-state index contributed by atoms with van der Waals surface area (Å²) in [5.74, 6) is -0.374. The molecule has 7 heteroatoms. The Kier molecular flexibility index (Phi) is 4.39. The van der Waals surface area contributed by atoms with E-state index in [0.717, 1.165) is 18.6 Å². The Morgan fingerprint density at radius 3 is 2.70 bits per heavy atom. The maximum atomic E-state index is 12.7. The topological polar surface area (TPSA) is 32.3 Å². The number of amides is 1. The fourth-order valence-electron chi connectivity index (χ4n) is 2.22. The number of rotatable bonds is 2. The first-order chi connectivity index (χ1) is 9.32. The summed E-state index contributed by atoms with van der Waals surface area (Å²) in [5.41, 5.74) is -0.759. The van der Waals surface area contributed by atoms with Crippen molar-refractivity contribution >= 4 is 21.8 Å². The predicted octanol–water partition coefficient (Wildman–Crippen LogP) is 2.90. The number of likely N-dealkylation sites (tertiary alicyclic amines) is 1. The van der Waals surface area contributed by atoms with Crippen LogP contribution >= 0.6 is 15.9 Å². The summed E-state index contributed by atoms with van der Waals surface area (Å²) in [4.78, 5) is 13.9. The molecule has 20 heavy (non-hydrogen) atoms. The van der Waals surface area contributed by atoms with Crippen molar-refractivity contribution in [2.75, 3.05) is 20.1 Å². The van der Waals surface area contributed by atoms with Crippen LogP contribution in [0.2, 0.25) is 0 Å². The number of hydrogen-bond donors (Lipinski definition) is 1. The van der Waals surface area contributed by atoms with Gasteiger partial charge in [0.05, 0.1) is 11.1 Å². The van der Waals surface area contributed by atoms with Crippen LogP contribution in [0.4, 0.5) is 13.2 Å². The van der Waals surface area contributed by atoms with Crippen LogP contribution in [0.1, 0.15) is 22.3 Å². The molecule has 1 heterocycles. The summed E-state index contributed by atoms with van der Waals surface area (Å²) in [7, 11) is 1.80. The molecule has 1 saturated heterocycles. The molecule has 1 aliphatic rings. The van der Waals surface area contributed by atoms with Crippen molar-refractivity contribution in [3.05, 3.63) is 33.8 Å². The van der Waals surface area contributed by atoms with Crippen molar-refractivity contribution in [2.24, 2.45) is 0 Å². The molecule has 2 rings (SSSR count). The lowest BCUT2D eigenvalue weighted by Crippen LogP contribution is -2.33. The molecule has 1 unspecified atom stereocenters. The molecule has 110 valence electrons. The molecule has 1 N–H and O–H groups in total. The minimum atomic E-state index is -4.45. The van der Waals surface area contributed by atoms with Gasteiger partial charge >= 0.3 is 6.18 Å². The summed E-state index contributed by atoms with van der Waals surface area (Å²) in [6, 6.07) is 3.32. The Morgan fingerprint density at radius 2 is 2.15 bits per heavy atom. The van der Waals surface area contributed by atoms with Crippen LogP contribution in [0.3, 0.4) is 0 Å². The highest BCUT2D eigenvalue weighted by Crippen LogP contribution is 2.32. The third-order valence-corrected chi connectivity index (χ3v) is 4.10. The van der Waals surface area contributed by atoms with Gasteiger partial charge in [0.2, 0.25) is 0 Å². The van der Waals surface area contributed by atoms with Crippen molar-refractivity contribution in [2.45, 2.75) is 18.6 Å². The van der Waals surface area contributed by atoms with E-state index in [1.165, 1.54) is 6.07 Å². The van der Waals surface area contributed by atoms with Gasteiger partial charge in [0.15, 0.2) is 0 Å². The quantitative estimate of drug-likeness (QED) is 0.889. The summed E-state index contributed by atoms with van der Waals surface area (Å²) < 4.78 is 38.5. The van der Waals surface area contributed by atoms with Gasteiger partial charge in [0.25, 0.3) is 5.91 Å². The van der Waals surface area contributed by atoms with Crippen LogP contribution in [-0.4, -0.2) is 37.0 Å². The Labute approximate surface area is 123 Å². The first kappa shape index (κ1) is 15.3. The summed E-state index contributed by atoms with van der Waals surface area (Å²) >= 11 is 3.15. The van der Waals surface area contributed by atoms with Crippen molar-refractivity contribution < 1.29 is 18.0 Å². The van der Waals surface area contributed by atoms with Gasteiger partial charge in [-0.2, -0.15) is 13.2 Å². The average molecular weight is 351 g/mol. The van der Waals surface area contributed by atoms with Gasteiger partial charge in [-0.25, -0.2) is 0 Å². The number of carbonyl (C=O) groups is 1. The van der Waals surface area contributed by atoms with E-state index in [2.05, 4.69) is 21.2 Å². The van der Waals surface area contributed by atoms with Crippen LogP contribution < -0.4 is 5.32 Å². The smallest absolute Gasteiger partial charge is 0.337 e. The number of likely N-dealkylation sites (N-methyl/N-ethyl adjacent to an activating group) is 1. The average Bonchev–Trinajstić information content (AvgIpc) is 2.86. The predicted molar refractivity (Wildman–Crippen MR) is 72.5 cm³/mol. The number of carbonyl (C=O) groups excluding carboxylic acids is 1. The Balaban J connectivity index is 2.26. The Bertz CT molecular complexity index is 519. The normalized spacial score (nSPS) is 19.4. The minimum absolute atomic E-state index is 0.0524. The highest BCUT2D eigenvalue weighted by Gasteiger charge is 2.33. The second kappa shape index (κ2) is 5.73. The number of nitrogens with one attached hydrogen (secondary N) is 1. The second-order valence-electron chi connectivity index (χ2n) is 4.72. The van der Waals surface area contributed by atoms with E-state index < -0.39 is 11.7 Å². The largest absolute Gasteiger partial charge is 0.416 e. The molecule has 3 nitrogen and oxygen atoms in total. The van der Waals surface area contributed by atoms with Crippen LogP contribution in [0.25, 0.3) is 0 Å². The van der Waals surface area contributed by atoms with Crippen LogP contribution in [-0.2, 0) is 6.18 Å². The van der Waals surface area contributed by atoms with E-state index in [1.54, 1.807) is 11.9 Å². The third kappa shape index (κ3) is 3.15. The molecule has 0 spiro atoms. The highest BCUT2D eigenvalue weighted by molar-refractivity contribution is 9.10. The Hall–Kier alpha value is -1.08. The first-order valence-corrected chi connectivity index (χ1v) is 6.95. The molecule has 0 aromatic heterocycles. The molecule has 1 amide bonds. The van der Waals surface area contributed by atoms with Gasteiger partial charge in [0.1, 0.15) is 0 Å². The molecular formula is C13H14BrF3N2O. The molecule has 1 fully saturated rings. The SMILES string of the molecule is CNC1CCN(C(=O)c2cc(C(F)(F)F)ccc2Br)C1. The van der Waals surface area contributed by atoms with Crippen molar-refractivity contribution in [3.8, 4) is 0 Å². The fourth-order valence-corrected chi connectivity index (χ4v) is 2.63. The maximum absolute atomic E-state index is 12.7. The summed E-state index contributed by atoms with van der Waals surface area (Å²) in [6.07, 6.45) is -3.65. The van der Waals surface area contributed by atoms with Crippen molar-refractivity contribution in [1.82, 2.24) is 10.2 Å². The van der Waals surface area contributed by atoms with E-state index in [4.69, 9.17) is 0 Å². The van der Waals surface area contributed by atoms with Crippen LogP contribution in [0, 0.1) is 0 Å². The molecule has 1 atom stereocenters. The number of nitrogens with zero attached hydrogens (tertiary/aromatic N) is 1. The van der Waals surface area contributed by atoms with Crippen molar-refractivity contribution in [1.29, 1.82) is 0 Å². The van der Waals surface area contributed by atoms with Gasteiger partial charge < -0.3 is 10.2 Å². The van der Waals surface area contributed by atoms with Gasteiger partial charge in [0, 0.05) is 23.6 Å². The third-order valence-electron chi connectivity index (χ3n) is 3.41. The molecule has 1 aromatic rings. The van der Waals surface area contributed by atoms with Gasteiger partial charge in [-0.3, -0.25) is 4.79 Å². The summed E-state index contributed by atoms with van der Waals surface area (Å²) in [5, 5.41) is 3.06. The summed E-state index contributed by atoms with van der Waals surface area (Å²) in [6.45, 7) is 1.06. The lowest BCUT2D eigenvalue weighted by atomic mass is 10.1. The molecule has 0 bridgehead atoms. The zero-order valence-electron chi connectivity index (χ0n) is 10.8. The van der Waals surface area contributed by atoms with Gasteiger partial charge in [-0.15, -0.1) is 0 Å². The molecule has 1 aliphatic heterocycles. The molecule has 0 aliphatic carbocycles. The lowest BCUT2D eigenvalue weighted by Gasteiger charge is -2.18. The Morgan fingerprint density at radius 1 is 1.45 bits per heavy atom. The van der Waals surface area contributed by atoms with Gasteiger partial charge in [-0.05, 0) is 47.6 Å². The molecule has 0 saturated carbocycles. The van der Waals surface area contributed by atoms with E-state index in [1.807, 2.05) is 0 Å². The highest BCUT2D eigenvalue weighted by atomic mass is 79.9. The molecule has 0 radical (unpaired) electrons. The maximum Gasteiger partial charge on any atom is 0.416 e. The minimum Gasteiger partial charge on any atom is -0.337 e. The second-order valence-corrected chi connectivity index (χ2v) is 5.57. The number of alkyl halides is 3. The monoisotopic (exact) mass is 350 g/mol. The number of halogens is 4. The van der Waals surface area contributed by atoms with E-state index in [0.29, 0.717) is 17.6 Å². The first-order valence-electron chi connectivity index (χ1n) is 6.16. The number of hydrogen-bond acceptors (Lipinski definition) is 2. The van der Waals surface area contributed by atoms with E-state index in [9.17, 15) is 18.0 Å². The fraction of sp³-hybridized carbons (Fsp3) is 0.462. The molecule has 1 aromatic carbocycles. The van der Waals surface area contributed by atoms with E-state index >= 15 is 0 Å². The van der Waals surface area contributed by atoms with Crippen LogP contribution in [0.15, 0.2) is 22.7 Å². The lowest BCUT2D eigenvalue weighted by molar-refractivity contribution is -0.137. The standard InChI is InChI=1S/C13H14BrF3N2O/c1-18-9-4-5-19(7-9)12(20)10-6-8(13(15,16)17)2-3-11(10)14/h2-3,6,9,18H,4-5,7H2,1H3.